The Bertz CT molecular complexity index is 1020. The van der Waals surface area contributed by atoms with Gasteiger partial charge in [-0.3, -0.25) is 9.59 Å². The Morgan fingerprint density at radius 3 is 3.03 bits per heavy atom. The van der Waals surface area contributed by atoms with Gasteiger partial charge in [-0.25, -0.2) is 9.37 Å². The molecular formula is C21H21FN4O3. The standard InChI is InChI=1S/C21H21FN4O3/c1-12-9-13(22)3-4-14(12)26-11-21-6-5-15(29-21)17(18(21)20(26)28)19(27)25(2)10-16-23-7-8-24-16/h3-9,15,17-18H,10-11H2,1-2H3,(H,23,24)/t15-,17-,18+,21-/m0/s1. The molecule has 150 valence electrons. The number of fused-ring (bicyclic) bond motifs is 1. The van der Waals surface area contributed by atoms with Crippen LogP contribution in [-0.2, 0) is 20.9 Å². The lowest BCUT2D eigenvalue weighted by molar-refractivity contribution is -0.139. The van der Waals surface area contributed by atoms with Crippen molar-refractivity contribution in [1.29, 1.82) is 0 Å². The lowest BCUT2D eigenvalue weighted by Gasteiger charge is -2.27. The van der Waals surface area contributed by atoms with Gasteiger partial charge in [0.2, 0.25) is 11.8 Å². The van der Waals surface area contributed by atoms with E-state index in [0.29, 0.717) is 30.2 Å². The quantitative estimate of drug-likeness (QED) is 0.800. The minimum Gasteiger partial charge on any atom is -0.360 e. The molecule has 2 bridgehead atoms. The number of nitrogens with zero attached hydrogens (tertiary/aromatic N) is 3. The van der Waals surface area contributed by atoms with E-state index in [1.165, 1.54) is 12.1 Å². The fourth-order valence-electron chi connectivity index (χ4n) is 4.85. The van der Waals surface area contributed by atoms with Gasteiger partial charge in [-0.2, -0.15) is 0 Å². The number of H-pyrrole nitrogens is 1. The van der Waals surface area contributed by atoms with E-state index >= 15 is 0 Å². The zero-order chi connectivity index (χ0) is 20.3. The maximum atomic E-state index is 13.5. The van der Waals surface area contributed by atoms with Crippen molar-refractivity contribution in [2.45, 2.75) is 25.2 Å². The monoisotopic (exact) mass is 396 g/mol. The predicted molar refractivity (Wildman–Crippen MR) is 102 cm³/mol. The Balaban J connectivity index is 1.44. The fourth-order valence-corrected chi connectivity index (χ4v) is 4.85. The van der Waals surface area contributed by atoms with Crippen LogP contribution in [-0.4, -0.2) is 52.0 Å². The highest BCUT2D eigenvalue weighted by atomic mass is 19.1. The summed E-state index contributed by atoms with van der Waals surface area (Å²) in [6.45, 7) is 2.42. The molecule has 3 aliphatic rings. The number of amides is 2. The molecule has 3 aliphatic heterocycles. The number of hydrogen-bond donors (Lipinski definition) is 1. The first-order valence-electron chi connectivity index (χ1n) is 9.57. The van der Waals surface area contributed by atoms with Crippen molar-refractivity contribution in [2.75, 3.05) is 18.5 Å². The molecule has 0 unspecified atom stereocenters. The van der Waals surface area contributed by atoms with E-state index in [1.54, 1.807) is 42.2 Å². The second-order valence-electron chi connectivity index (χ2n) is 7.99. The second-order valence-corrected chi connectivity index (χ2v) is 7.99. The van der Waals surface area contributed by atoms with E-state index < -0.39 is 23.5 Å². The maximum Gasteiger partial charge on any atom is 0.234 e. The number of hydrogen-bond acceptors (Lipinski definition) is 4. The minimum atomic E-state index is -0.811. The lowest BCUT2D eigenvalue weighted by atomic mass is 9.76. The Hall–Kier alpha value is -3.00. The number of carbonyl (C=O) groups is 2. The van der Waals surface area contributed by atoms with Crippen LogP contribution in [0.2, 0.25) is 0 Å². The molecule has 1 N–H and O–H groups in total. The van der Waals surface area contributed by atoms with Crippen molar-refractivity contribution < 1.29 is 18.7 Å². The third-order valence-corrected chi connectivity index (χ3v) is 6.15. The van der Waals surface area contributed by atoms with E-state index in [0.717, 1.165) is 0 Å². The minimum absolute atomic E-state index is 0.145. The molecule has 8 heteroatoms. The van der Waals surface area contributed by atoms with Gasteiger partial charge in [0.1, 0.15) is 17.2 Å². The molecular weight excluding hydrogens is 375 g/mol. The van der Waals surface area contributed by atoms with Crippen molar-refractivity contribution in [1.82, 2.24) is 14.9 Å². The first kappa shape index (κ1) is 18.1. The molecule has 1 spiro atoms. The van der Waals surface area contributed by atoms with Gasteiger partial charge in [-0.05, 0) is 30.7 Å². The van der Waals surface area contributed by atoms with E-state index in [2.05, 4.69) is 9.97 Å². The molecule has 0 saturated carbocycles. The van der Waals surface area contributed by atoms with Crippen LogP contribution in [0.3, 0.4) is 0 Å². The summed E-state index contributed by atoms with van der Waals surface area (Å²) in [4.78, 5) is 37.0. The fraction of sp³-hybridized carbons (Fsp3) is 0.381. The van der Waals surface area contributed by atoms with Crippen molar-refractivity contribution in [3.63, 3.8) is 0 Å². The molecule has 4 heterocycles. The molecule has 2 saturated heterocycles. The molecule has 1 aromatic heterocycles. The summed E-state index contributed by atoms with van der Waals surface area (Å²) < 4.78 is 19.7. The number of imidazole rings is 1. The highest BCUT2D eigenvalue weighted by molar-refractivity contribution is 6.03. The van der Waals surface area contributed by atoms with Gasteiger partial charge in [-0.1, -0.05) is 12.2 Å². The summed E-state index contributed by atoms with van der Waals surface area (Å²) in [5.74, 6) is -1.14. The number of ether oxygens (including phenoxy) is 1. The zero-order valence-electron chi connectivity index (χ0n) is 16.1. The van der Waals surface area contributed by atoms with Crippen LogP contribution in [0.4, 0.5) is 10.1 Å². The zero-order valence-corrected chi connectivity index (χ0v) is 16.1. The number of anilines is 1. The van der Waals surface area contributed by atoms with Crippen molar-refractivity contribution in [3.8, 4) is 0 Å². The SMILES string of the molecule is Cc1cc(F)ccc1N1C[C@]23C=C[C@H](O2)[C@H](C(=O)N(C)Cc2ncc[nH]2)[C@@H]3C1=O. The Morgan fingerprint density at radius 2 is 2.31 bits per heavy atom. The van der Waals surface area contributed by atoms with Crippen LogP contribution in [0.5, 0.6) is 0 Å². The van der Waals surface area contributed by atoms with Gasteiger partial charge >= 0.3 is 0 Å². The van der Waals surface area contributed by atoms with E-state index in [-0.39, 0.29) is 17.6 Å². The second kappa shape index (κ2) is 6.25. The Labute approximate surface area is 167 Å². The van der Waals surface area contributed by atoms with Gasteiger partial charge < -0.3 is 19.5 Å². The van der Waals surface area contributed by atoms with E-state index in [4.69, 9.17) is 4.74 Å². The molecule has 1 aromatic carbocycles. The molecule has 2 amide bonds. The number of rotatable bonds is 4. The van der Waals surface area contributed by atoms with Gasteiger partial charge in [0.25, 0.3) is 0 Å². The van der Waals surface area contributed by atoms with Gasteiger partial charge in [0, 0.05) is 25.1 Å². The molecule has 5 rings (SSSR count). The molecule has 4 atom stereocenters. The number of aromatic amines is 1. The third kappa shape index (κ3) is 2.62. The largest absolute Gasteiger partial charge is 0.360 e. The van der Waals surface area contributed by atoms with E-state index in [9.17, 15) is 14.0 Å². The van der Waals surface area contributed by atoms with Gasteiger partial charge in [-0.15, -0.1) is 0 Å². The van der Waals surface area contributed by atoms with Crippen molar-refractivity contribution in [3.05, 3.63) is 59.9 Å². The number of aromatic nitrogens is 2. The topological polar surface area (TPSA) is 78.5 Å². The predicted octanol–water partition coefficient (Wildman–Crippen LogP) is 1.80. The molecule has 0 aliphatic carbocycles. The summed E-state index contributed by atoms with van der Waals surface area (Å²) in [6.07, 6.45) is 6.72. The first-order chi connectivity index (χ1) is 13.9. The number of carbonyl (C=O) groups excluding carboxylic acids is 2. The molecule has 7 nitrogen and oxygen atoms in total. The smallest absolute Gasteiger partial charge is 0.234 e. The van der Waals surface area contributed by atoms with Gasteiger partial charge in [0.05, 0.1) is 31.0 Å². The summed E-state index contributed by atoms with van der Waals surface area (Å²) in [5.41, 5.74) is 0.510. The number of benzene rings is 1. The molecule has 2 aromatic rings. The Morgan fingerprint density at radius 1 is 1.48 bits per heavy atom. The van der Waals surface area contributed by atoms with Crippen LogP contribution >= 0.6 is 0 Å². The third-order valence-electron chi connectivity index (χ3n) is 6.15. The average Bonchev–Trinajstić information content (AvgIpc) is 3.44. The van der Waals surface area contributed by atoms with Crippen LogP contribution in [0.25, 0.3) is 0 Å². The first-order valence-corrected chi connectivity index (χ1v) is 9.57. The van der Waals surface area contributed by atoms with Crippen LogP contribution in [0.1, 0.15) is 11.4 Å². The van der Waals surface area contributed by atoms with Gasteiger partial charge in [0.15, 0.2) is 0 Å². The lowest BCUT2D eigenvalue weighted by Crippen LogP contribution is -2.44. The summed E-state index contributed by atoms with van der Waals surface area (Å²) in [7, 11) is 1.70. The summed E-state index contributed by atoms with van der Waals surface area (Å²) in [6, 6.07) is 4.36. The number of nitrogens with one attached hydrogen (secondary N) is 1. The molecule has 2 fully saturated rings. The normalized spacial score (nSPS) is 29.6. The van der Waals surface area contributed by atoms with Crippen molar-refractivity contribution in [2.24, 2.45) is 11.8 Å². The summed E-state index contributed by atoms with van der Waals surface area (Å²) in [5, 5.41) is 0. The molecule has 29 heavy (non-hydrogen) atoms. The van der Waals surface area contributed by atoms with Crippen LogP contribution < -0.4 is 4.90 Å². The van der Waals surface area contributed by atoms with Crippen molar-refractivity contribution >= 4 is 17.5 Å². The number of halogens is 1. The van der Waals surface area contributed by atoms with Crippen LogP contribution in [0, 0.1) is 24.6 Å². The van der Waals surface area contributed by atoms with E-state index in [1.807, 2.05) is 12.2 Å². The average molecular weight is 396 g/mol. The van der Waals surface area contributed by atoms with Crippen LogP contribution in [0.15, 0.2) is 42.7 Å². The summed E-state index contributed by atoms with van der Waals surface area (Å²) >= 11 is 0. The molecule has 0 radical (unpaired) electrons. The highest BCUT2D eigenvalue weighted by Crippen LogP contribution is 2.53. The maximum absolute atomic E-state index is 13.5. The number of aryl methyl sites for hydroxylation is 1. The Kier molecular flexibility index (Phi) is 3.89. The highest BCUT2D eigenvalue weighted by Gasteiger charge is 2.67.